The van der Waals surface area contributed by atoms with Crippen molar-refractivity contribution in [2.75, 3.05) is 18.1 Å². The molecule has 0 saturated carbocycles. The minimum Gasteiger partial charge on any atom is -0.399 e. The molecule has 0 amide bonds. The summed E-state index contributed by atoms with van der Waals surface area (Å²) < 4.78 is 0. The lowest BCUT2D eigenvalue weighted by atomic mass is 9.84. The van der Waals surface area contributed by atoms with Gasteiger partial charge in [-0.25, -0.2) is 0 Å². The minimum absolute atomic E-state index is 0.0272. The van der Waals surface area contributed by atoms with E-state index in [4.69, 9.17) is 17.2 Å². The Kier molecular flexibility index (Phi) is 5.38. The van der Waals surface area contributed by atoms with E-state index in [1.807, 2.05) is 24.3 Å². The van der Waals surface area contributed by atoms with Gasteiger partial charge in [0.05, 0.1) is 12.1 Å². The molecule has 0 aromatic heterocycles. The summed E-state index contributed by atoms with van der Waals surface area (Å²) in [6, 6.07) is 13.8. The maximum absolute atomic E-state index is 10.7. The second-order valence-corrected chi connectivity index (χ2v) is 5.47. The summed E-state index contributed by atoms with van der Waals surface area (Å²) in [6.07, 6.45) is -0.396. The number of nitrogens with two attached hydrogens (primary N) is 3. The molecule has 0 fully saturated rings. The summed E-state index contributed by atoms with van der Waals surface area (Å²) in [4.78, 5) is 0. The molecule has 118 valence electrons. The van der Waals surface area contributed by atoms with Gasteiger partial charge in [0.2, 0.25) is 0 Å². The Morgan fingerprint density at radius 3 is 1.73 bits per heavy atom. The van der Waals surface area contributed by atoms with Crippen LogP contribution in [0.5, 0.6) is 0 Å². The minimum atomic E-state index is -0.820. The van der Waals surface area contributed by atoms with Crippen LogP contribution in [0.3, 0.4) is 0 Å². The normalized spacial score (nSPS) is 15.2. The molecule has 3 atom stereocenters. The van der Waals surface area contributed by atoms with Gasteiger partial charge in [-0.15, -0.1) is 0 Å². The molecule has 5 heteroatoms. The van der Waals surface area contributed by atoms with Gasteiger partial charge < -0.3 is 27.4 Å². The number of anilines is 2. The van der Waals surface area contributed by atoms with E-state index >= 15 is 0 Å². The lowest BCUT2D eigenvalue weighted by molar-refractivity contribution is 0.101. The van der Waals surface area contributed by atoms with E-state index in [1.54, 1.807) is 24.3 Å². The Balaban J connectivity index is 2.23. The SMILES string of the molecule is Nc1ccc(C(N)C(O)C(CCO)c2ccc(N)cc2)cc1. The summed E-state index contributed by atoms with van der Waals surface area (Å²) in [6.45, 7) is -0.0272. The van der Waals surface area contributed by atoms with Crippen LogP contribution in [0.1, 0.15) is 29.5 Å². The van der Waals surface area contributed by atoms with Crippen LogP contribution in [0, 0.1) is 0 Å². The van der Waals surface area contributed by atoms with Crippen molar-refractivity contribution < 1.29 is 10.2 Å². The van der Waals surface area contributed by atoms with Gasteiger partial charge in [0.1, 0.15) is 0 Å². The van der Waals surface area contributed by atoms with E-state index in [2.05, 4.69) is 0 Å². The largest absolute Gasteiger partial charge is 0.399 e. The molecule has 0 saturated heterocycles. The number of rotatable bonds is 6. The third-order valence-electron chi connectivity index (χ3n) is 3.91. The third kappa shape index (κ3) is 3.76. The molecule has 0 spiro atoms. The first kappa shape index (κ1) is 16.3. The molecular formula is C17H23N3O2. The van der Waals surface area contributed by atoms with E-state index in [0.29, 0.717) is 17.8 Å². The van der Waals surface area contributed by atoms with Gasteiger partial charge in [-0.05, 0) is 41.8 Å². The standard InChI is InChI=1S/C17H23N3O2/c18-13-5-1-11(2-6-13)15(9-10-21)17(22)16(20)12-3-7-14(19)8-4-12/h1-8,15-17,21-22H,9-10,18-20H2. The molecule has 0 aliphatic rings. The maximum atomic E-state index is 10.7. The van der Waals surface area contributed by atoms with E-state index in [9.17, 15) is 10.2 Å². The first-order valence-corrected chi connectivity index (χ1v) is 7.28. The van der Waals surface area contributed by atoms with Gasteiger partial charge in [0.25, 0.3) is 0 Å². The fraction of sp³-hybridized carbons (Fsp3) is 0.294. The Hall–Kier alpha value is -2.08. The van der Waals surface area contributed by atoms with E-state index in [0.717, 1.165) is 11.1 Å². The second-order valence-electron chi connectivity index (χ2n) is 5.47. The number of hydrogen-bond donors (Lipinski definition) is 5. The van der Waals surface area contributed by atoms with Crippen molar-refractivity contribution in [1.29, 1.82) is 0 Å². The monoisotopic (exact) mass is 301 g/mol. The van der Waals surface area contributed by atoms with Crippen LogP contribution in [0.2, 0.25) is 0 Å². The highest BCUT2D eigenvalue weighted by molar-refractivity contribution is 5.42. The molecule has 2 aromatic rings. The molecule has 0 aliphatic heterocycles. The first-order chi connectivity index (χ1) is 10.5. The highest BCUT2D eigenvalue weighted by Gasteiger charge is 2.27. The van der Waals surface area contributed by atoms with Gasteiger partial charge in [-0.3, -0.25) is 0 Å². The highest BCUT2D eigenvalue weighted by Crippen LogP contribution is 2.30. The van der Waals surface area contributed by atoms with Crippen LogP contribution in [0.15, 0.2) is 48.5 Å². The van der Waals surface area contributed by atoms with Gasteiger partial charge in [-0.2, -0.15) is 0 Å². The van der Waals surface area contributed by atoms with Crippen molar-refractivity contribution in [3.05, 3.63) is 59.7 Å². The second kappa shape index (κ2) is 7.26. The molecule has 2 rings (SSSR count). The highest BCUT2D eigenvalue weighted by atomic mass is 16.3. The predicted molar refractivity (Wildman–Crippen MR) is 89.1 cm³/mol. The Bertz CT molecular complexity index is 584. The van der Waals surface area contributed by atoms with Crippen molar-refractivity contribution in [1.82, 2.24) is 0 Å². The summed E-state index contributed by atoms with van der Waals surface area (Å²) >= 11 is 0. The van der Waals surface area contributed by atoms with Crippen LogP contribution >= 0.6 is 0 Å². The van der Waals surface area contributed by atoms with Crippen LogP contribution in [0.4, 0.5) is 11.4 Å². The van der Waals surface area contributed by atoms with Gasteiger partial charge in [-0.1, -0.05) is 24.3 Å². The van der Waals surface area contributed by atoms with Crippen molar-refractivity contribution in [2.45, 2.75) is 24.5 Å². The molecule has 0 bridgehead atoms. The average molecular weight is 301 g/mol. The van der Waals surface area contributed by atoms with Crippen molar-refractivity contribution >= 4 is 11.4 Å². The van der Waals surface area contributed by atoms with Gasteiger partial charge in [0, 0.05) is 23.9 Å². The summed E-state index contributed by atoms with van der Waals surface area (Å²) in [5, 5.41) is 20.0. The zero-order valence-corrected chi connectivity index (χ0v) is 12.4. The molecule has 8 N–H and O–H groups in total. The zero-order chi connectivity index (χ0) is 16.1. The number of nitrogen functional groups attached to an aromatic ring is 2. The fourth-order valence-electron chi connectivity index (χ4n) is 2.58. The van der Waals surface area contributed by atoms with Gasteiger partial charge in [0.15, 0.2) is 0 Å². The Morgan fingerprint density at radius 1 is 0.818 bits per heavy atom. The van der Waals surface area contributed by atoms with E-state index < -0.39 is 12.1 Å². The van der Waals surface area contributed by atoms with E-state index in [-0.39, 0.29) is 12.5 Å². The molecule has 0 aliphatic carbocycles. The maximum Gasteiger partial charge on any atom is 0.0801 e. The Morgan fingerprint density at radius 2 is 1.27 bits per heavy atom. The molecule has 0 radical (unpaired) electrons. The van der Waals surface area contributed by atoms with E-state index in [1.165, 1.54) is 0 Å². The fourth-order valence-corrected chi connectivity index (χ4v) is 2.58. The molecule has 3 unspecified atom stereocenters. The topological polar surface area (TPSA) is 119 Å². The van der Waals surface area contributed by atoms with Crippen molar-refractivity contribution in [3.63, 3.8) is 0 Å². The van der Waals surface area contributed by atoms with Crippen LogP contribution in [0.25, 0.3) is 0 Å². The smallest absolute Gasteiger partial charge is 0.0801 e. The molecule has 5 nitrogen and oxygen atoms in total. The van der Waals surface area contributed by atoms with Crippen molar-refractivity contribution in [3.8, 4) is 0 Å². The van der Waals surface area contributed by atoms with Gasteiger partial charge >= 0.3 is 0 Å². The lowest BCUT2D eigenvalue weighted by Gasteiger charge is -2.28. The Labute approximate surface area is 130 Å². The van der Waals surface area contributed by atoms with Crippen molar-refractivity contribution in [2.24, 2.45) is 5.73 Å². The zero-order valence-electron chi connectivity index (χ0n) is 12.4. The molecular weight excluding hydrogens is 278 g/mol. The molecule has 22 heavy (non-hydrogen) atoms. The van der Waals surface area contributed by atoms with Crippen LogP contribution in [-0.2, 0) is 0 Å². The van der Waals surface area contributed by atoms with Crippen LogP contribution < -0.4 is 17.2 Å². The predicted octanol–water partition coefficient (Wildman–Crippen LogP) is 1.38. The third-order valence-corrected chi connectivity index (χ3v) is 3.91. The van der Waals surface area contributed by atoms with Crippen LogP contribution in [-0.4, -0.2) is 22.9 Å². The average Bonchev–Trinajstić information content (AvgIpc) is 2.53. The summed E-state index contributed by atoms with van der Waals surface area (Å²) in [5.41, 5.74) is 20.6. The number of benzene rings is 2. The summed E-state index contributed by atoms with van der Waals surface area (Å²) in [7, 11) is 0. The number of aliphatic hydroxyl groups is 2. The summed E-state index contributed by atoms with van der Waals surface area (Å²) in [5.74, 6) is -0.266. The first-order valence-electron chi connectivity index (χ1n) is 7.28. The quantitative estimate of drug-likeness (QED) is 0.516. The molecule has 2 aromatic carbocycles. The number of hydrogen-bond acceptors (Lipinski definition) is 5. The lowest BCUT2D eigenvalue weighted by Crippen LogP contribution is -2.32. The number of aliphatic hydroxyl groups excluding tert-OH is 2. The molecule has 0 heterocycles.